The molecule has 2 heterocycles. The highest BCUT2D eigenvalue weighted by Gasteiger charge is 2.12. The van der Waals surface area contributed by atoms with E-state index in [2.05, 4.69) is 27.0 Å². The van der Waals surface area contributed by atoms with Crippen LogP contribution in [0, 0.1) is 6.92 Å². The maximum Gasteiger partial charge on any atom is 0.258 e. The van der Waals surface area contributed by atoms with Crippen molar-refractivity contribution in [3.05, 3.63) is 84.3 Å². The molecule has 1 amide bonds. The summed E-state index contributed by atoms with van der Waals surface area (Å²) in [6.45, 7) is 5.92. The normalized spacial score (nSPS) is 11.5. The molecular formula is C23H24N6O2. The van der Waals surface area contributed by atoms with Crippen molar-refractivity contribution in [1.29, 1.82) is 0 Å². The van der Waals surface area contributed by atoms with Gasteiger partial charge in [0.1, 0.15) is 11.6 Å². The monoisotopic (exact) mass is 416 g/mol. The Labute approximate surface area is 180 Å². The summed E-state index contributed by atoms with van der Waals surface area (Å²) in [5.74, 6) is 0.496. The second kappa shape index (κ2) is 9.53. The van der Waals surface area contributed by atoms with Crippen molar-refractivity contribution in [1.82, 2.24) is 20.1 Å². The number of pyridine rings is 1. The third-order valence-corrected chi connectivity index (χ3v) is 4.63. The van der Waals surface area contributed by atoms with E-state index < -0.39 is 0 Å². The van der Waals surface area contributed by atoms with Crippen LogP contribution in [0.5, 0.6) is 5.75 Å². The van der Waals surface area contributed by atoms with E-state index in [1.807, 2.05) is 38.4 Å². The molecule has 0 aliphatic rings. The first kappa shape index (κ1) is 21.5. The summed E-state index contributed by atoms with van der Waals surface area (Å²) in [6, 6.07) is 7.52. The molecule has 0 saturated carbocycles. The Hall–Kier alpha value is -4.20. The zero-order valence-electron chi connectivity index (χ0n) is 17.7. The van der Waals surface area contributed by atoms with Gasteiger partial charge in [-0.1, -0.05) is 12.6 Å². The van der Waals surface area contributed by atoms with Gasteiger partial charge < -0.3 is 15.8 Å². The zero-order valence-corrected chi connectivity index (χ0v) is 17.7. The highest BCUT2D eigenvalue weighted by atomic mass is 16.5. The highest BCUT2D eigenvalue weighted by molar-refractivity contribution is 6.10. The van der Waals surface area contributed by atoms with Crippen molar-refractivity contribution < 1.29 is 9.53 Å². The van der Waals surface area contributed by atoms with E-state index in [0.717, 1.165) is 22.3 Å². The van der Waals surface area contributed by atoms with E-state index in [0.29, 0.717) is 16.9 Å². The van der Waals surface area contributed by atoms with E-state index in [1.165, 1.54) is 18.6 Å². The molecule has 0 aliphatic heterocycles. The van der Waals surface area contributed by atoms with Gasteiger partial charge in [-0.3, -0.25) is 14.5 Å². The largest absolute Gasteiger partial charge is 0.496 e. The number of aromatic nitrogens is 3. The molecule has 0 spiro atoms. The van der Waals surface area contributed by atoms with Gasteiger partial charge in [-0.05, 0) is 41.8 Å². The van der Waals surface area contributed by atoms with Gasteiger partial charge in [0.25, 0.3) is 5.91 Å². The number of carbonyl (C=O) groups excluding carboxylic acids is 1. The first-order valence-electron chi connectivity index (χ1n) is 9.47. The number of nitrogens with one attached hydrogen (secondary N) is 1. The maximum absolute atomic E-state index is 12.5. The third-order valence-electron chi connectivity index (χ3n) is 4.63. The van der Waals surface area contributed by atoms with Gasteiger partial charge in [-0.25, -0.2) is 4.99 Å². The summed E-state index contributed by atoms with van der Waals surface area (Å²) < 4.78 is 7.21. The third kappa shape index (κ3) is 5.05. The van der Waals surface area contributed by atoms with E-state index in [-0.39, 0.29) is 11.7 Å². The van der Waals surface area contributed by atoms with Gasteiger partial charge in [0.05, 0.1) is 18.9 Å². The number of aliphatic imine (C=N–C) groups is 1. The summed E-state index contributed by atoms with van der Waals surface area (Å²) >= 11 is 0. The van der Waals surface area contributed by atoms with E-state index in [9.17, 15) is 4.79 Å². The number of hydrogen-bond acceptors (Lipinski definition) is 6. The molecule has 3 N–H and O–H groups in total. The number of nitrogens with zero attached hydrogens (tertiary/aromatic N) is 4. The smallest absolute Gasteiger partial charge is 0.258 e. The summed E-state index contributed by atoms with van der Waals surface area (Å²) in [5, 5.41) is 6.89. The molecule has 31 heavy (non-hydrogen) atoms. The van der Waals surface area contributed by atoms with Crippen molar-refractivity contribution >= 4 is 17.7 Å². The van der Waals surface area contributed by atoms with Crippen LogP contribution < -0.4 is 15.8 Å². The molecule has 3 rings (SSSR count). The predicted octanol–water partition coefficient (Wildman–Crippen LogP) is 3.07. The molecule has 0 fully saturated rings. The quantitative estimate of drug-likeness (QED) is 0.576. The van der Waals surface area contributed by atoms with Crippen LogP contribution in [-0.2, 0) is 7.05 Å². The van der Waals surface area contributed by atoms with Crippen LogP contribution in [-0.4, -0.2) is 34.0 Å². The lowest BCUT2D eigenvalue weighted by atomic mass is 10.0. The topological polar surface area (TPSA) is 107 Å². The van der Waals surface area contributed by atoms with Crippen molar-refractivity contribution in [3.8, 4) is 16.9 Å². The average molecular weight is 416 g/mol. The lowest BCUT2D eigenvalue weighted by molar-refractivity contribution is 0.0964. The predicted molar refractivity (Wildman–Crippen MR) is 121 cm³/mol. The number of aryl methyl sites for hydroxylation is 2. The minimum atomic E-state index is -0.346. The van der Waals surface area contributed by atoms with Crippen LogP contribution >= 0.6 is 0 Å². The zero-order chi connectivity index (χ0) is 22.4. The average Bonchev–Trinajstić information content (AvgIpc) is 3.22. The van der Waals surface area contributed by atoms with Crippen LogP contribution in [0.4, 0.5) is 0 Å². The number of carbonyl (C=O) groups is 1. The van der Waals surface area contributed by atoms with Gasteiger partial charge >= 0.3 is 0 Å². The molecular weight excluding hydrogens is 392 g/mol. The molecule has 8 nitrogen and oxygen atoms in total. The molecule has 0 atom stereocenters. The van der Waals surface area contributed by atoms with E-state index in [4.69, 9.17) is 10.5 Å². The van der Waals surface area contributed by atoms with Gasteiger partial charge in [-0.15, -0.1) is 0 Å². The lowest BCUT2D eigenvalue weighted by Gasteiger charge is -2.11. The molecule has 158 valence electrons. The Bertz CT molecular complexity index is 1180. The van der Waals surface area contributed by atoms with Crippen molar-refractivity contribution in [2.45, 2.75) is 6.92 Å². The van der Waals surface area contributed by atoms with Crippen molar-refractivity contribution in [3.63, 3.8) is 0 Å². The number of nitrogens with two attached hydrogens (primary N) is 1. The molecule has 0 unspecified atom stereocenters. The van der Waals surface area contributed by atoms with Crippen LogP contribution in [0.1, 0.15) is 21.5 Å². The number of hydrogen-bond donors (Lipinski definition) is 2. The van der Waals surface area contributed by atoms with Crippen LogP contribution in [0.25, 0.3) is 16.7 Å². The molecule has 2 aromatic heterocycles. The van der Waals surface area contributed by atoms with E-state index in [1.54, 1.807) is 30.3 Å². The number of benzene rings is 1. The molecule has 0 aliphatic carbocycles. The molecule has 8 heteroatoms. The number of ether oxygens (including phenoxy) is 1. The number of methoxy groups -OCH3 is 1. The number of allylic oxidation sites excluding steroid dienone is 1. The van der Waals surface area contributed by atoms with Crippen molar-refractivity contribution in [2.24, 2.45) is 17.8 Å². The summed E-state index contributed by atoms with van der Waals surface area (Å²) in [6.07, 6.45) is 9.58. The SMILES string of the molecule is C=C(C=N/C(=C\N)NC(=O)c1cnccc1C)c1cc(-c2cnn(C)c2)ccc1OC. The lowest BCUT2D eigenvalue weighted by Crippen LogP contribution is -2.23. The molecule has 0 bridgehead atoms. The number of amides is 1. The fourth-order valence-electron chi connectivity index (χ4n) is 2.93. The van der Waals surface area contributed by atoms with Crippen LogP contribution in [0.2, 0.25) is 0 Å². The second-order valence-electron chi connectivity index (χ2n) is 6.80. The molecule has 1 aromatic carbocycles. The van der Waals surface area contributed by atoms with Crippen LogP contribution in [0.3, 0.4) is 0 Å². The Morgan fingerprint density at radius 1 is 1.26 bits per heavy atom. The molecule has 0 radical (unpaired) electrons. The first-order chi connectivity index (χ1) is 14.9. The minimum Gasteiger partial charge on any atom is -0.496 e. The van der Waals surface area contributed by atoms with E-state index >= 15 is 0 Å². The fraction of sp³-hybridized carbons (Fsp3) is 0.130. The Kier molecular flexibility index (Phi) is 6.61. The number of rotatable bonds is 7. The summed E-state index contributed by atoms with van der Waals surface area (Å²) in [5.41, 5.74) is 10.2. The second-order valence-corrected chi connectivity index (χ2v) is 6.80. The summed E-state index contributed by atoms with van der Waals surface area (Å²) in [7, 11) is 3.45. The minimum absolute atomic E-state index is 0.191. The molecule has 3 aromatic rings. The first-order valence-corrected chi connectivity index (χ1v) is 9.47. The van der Waals surface area contributed by atoms with Gasteiger partial charge in [-0.2, -0.15) is 5.10 Å². The Morgan fingerprint density at radius 2 is 2.06 bits per heavy atom. The van der Waals surface area contributed by atoms with Crippen LogP contribution in [0.15, 0.2) is 72.6 Å². The molecule has 0 saturated heterocycles. The van der Waals surface area contributed by atoms with Gasteiger partial charge in [0.2, 0.25) is 0 Å². The Morgan fingerprint density at radius 3 is 2.71 bits per heavy atom. The summed E-state index contributed by atoms with van der Waals surface area (Å²) in [4.78, 5) is 20.7. The fourth-order valence-corrected chi connectivity index (χ4v) is 2.93. The Balaban J connectivity index is 1.80. The van der Waals surface area contributed by atoms with Gasteiger partial charge in [0, 0.05) is 49.2 Å². The maximum atomic E-state index is 12.5. The highest BCUT2D eigenvalue weighted by Crippen LogP contribution is 2.30. The standard InChI is InChI=1S/C23H24N6O2/c1-15-7-8-25-13-20(15)23(30)28-22(10-24)26-11-16(2)19-9-17(5-6-21(19)31-4)18-12-27-29(3)14-18/h5-14H,2,24H2,1,3-4H3,(H,28,30)/b22-10+,26-11?. The van der Waals surface area contributed by atoms with Crippen molar-refractivity contribution in [2.75, 3.05) is 7.11 Å². The van der Waals surface area contributed by atoms with Gasteiger partial charge in [0.15, 0.2) is 0 Å².